The van der Waals surface area contributed by atoms with Crippen molar-refractivity contribution in [2.45, 2.75) is 51.5 Å². The smallest absolute Gasteiger partial charge is 0.250 e. The van der Waals surface area contributed by atoms with Gasteiger partial charge in [0, 0.05) is 10.7 Å². The monoisotopic (exact) mass is 312 g/mol. The van der Waals surface area contributed by atoms with Gasteiger partial charge in [0.1, 0.15) is 10.0 Å². The van der Waals surface area contributed by atoms with Crippen molar-refractivity contribution >= 4 is 31.3 Å². The van der Waals surface area contributed by atoms with Gasteiger partial charge >= 0.3 is 0 Å². The molecule has 1 aromatic rings. The molecule has 104 valence electrons. The SMILES string of the molecule is CCC(C)n1nc(CC(C)C)c(S(=O)(=O)Cl)c1Cl. The molecule has 0 N–H and O–H groups in total. The van der Waals surface area contributed by atoms with Gasteiger partial charge in [-0.15, -0.1) is 0 Å². The fourth-order valence-electron chi connectivity index (χ4n) is 1.67. The van der Waals surface area contributed by atoms with Crippen molar-refractivity contribution in [2.75, 3.05) is 0 Å². The molecule has 1 aromatic heterocycles. The molecule has 0 fully saturated rings. The van der Waals surface area contributed by atoms with E-state index in [9.17, 15) is 8.42 Å². The van der Waals surface area contributed by atoms with Gasteiger partial charge in [0.2, 0.25) is 0 Å². The minimum absolute atomic E-state index is 0.0376. The maximum absolute atomic E-state index is 11.6. The van der Waals surface area contributed by atoms with E-state index in [1.54, 1.807) is 0 Å². The van der Waals surface area contributed by atoms with E-state index in [1.165, 1.54) is 4.68 Å². The van der Waals surface area contributed by atoms with Gasteiger partial charge in [0.25, 0.3) is 9.05 Å². The van der Waals surface area contributed by atoms with Crippen LogP contribution in [0.3, 0.4) is 0 Å². The normalized spacial score (nSPS) is 14.2. The summed E-state index contributed by atoms with van der Waals surface area (Å²) in [6, 6.07) is 0.0376. The van der Waals surface area contributed by atoms with E-state index in [-0.39, 0.29) is 22.0 Å². The molecule has 0 aromatic carbocycles. The van der Waals surface area contributed by atoms with E-state index in [1.807, 2.05) is 27.7 Å². The molecule has 18 heavy (non-hydrogen) atoms. The highest BCUT2D eigenvalue weighted by atomic mass is 35.7. The van der Waals surface area contributed by atoms with E-state index in [4.69, 9.17) is 22.3 Å². The van der Waals surface area contributed by atoms with Crippen LogP contribution in [0.15, 0.2) is 4.90 Å². The maximum Gasteiger partial charge on any atom is 0.266 e. The summed E-state index contributed by atoms with van der Waals surface area (Å²) in [6.45, 7) is 7.89. The lowest BCUT2D eigenvalue weighted by molar-refractivity contribution is 0.470. The summed E-state index contributed by atoms with van der Waals surface area (Å²) < 4.78 is 24.8. The predicted octanol–water partition coefficient (Wildman–Crippen LogP) is 3.63. The standard InChI is InChI=1S/C11H18Cl2N2O2S/c1-5-8(4)15-11(12)10(18(13,16)17)9(14-15)6-7(2)3/h7-8H,5-6H2,1-4H3. The number of hydrogen-bond donors (Lipinski definition) is 0. The van der Waals surface area contributed by atoms with Crippen molar-refractivity contribution in [3.8, 4) is 0 Å². The van der Waals surface area contributed by atoms with Gasteiger partial charge in [-0.3, -0.25) is 0 Å². The average Bonchev–Trinajstić information content (AvgIpc) is 2.52. The molecule has 0 saturated heterocycles. The molecule has 7 heteroatoms. The summed E-state index contributed by atoms with van der Waals surface area (Å²) in [7, 11) is 1.57. The third-order valence-electron chi connectivity index (χ3n) is 2.73. The molecule has 0 saturated carbocycles. The van der Waals surface area contributed by atoms with Crippen LogP contribution in [0.2, 0.25) is 5.15 Å². The summed E-state index contributed by atoms with van der Waals surface area (Å²) in [5.41, 5.74) is 0.449. The van der Waals surface area contributed by atoms with Gasteiger partial charge < -0.3 is 0 Å². The molecule has 0 aliphatic carbocycles. The largest absolute Gasteiger partial charge is 0.266 e. The van der Waals surface area contributed by atoms with E-state index in [2.05, 4.69) is 5.10 Å². The van der Waals surface area contributed by atoms with Crippen LogP contribution in [0.5, 0.6) is 0 Å². The van der Waals surface area contributed by atoms with Crippen LogP contribution in [0, 0.1) is 5.92 Å². The zero-order valence-corrected chi connectivity index (χ0v) is 13.3. The Bertz CT molecular complexity index is 523. The topological polar surface area (TPSA) is 52.0 Å². The zero-order chi connectivity index (χ0) is 14.1. The van der Waals surface area contributed by atoms with Crippen LogP contribution in [0.25, 0.3) is 0 Å². The third kappa shape index (κ3) is 3.39. The first-order valence-corrected chi connectivity index (χ1v) is 8.58. The van der Waals surface area contributed by atoms with Crippen LogP contribution in [0.1, 0.15) is 45.9 Å². The first kappa shape index (κ1) is 15.8. The Morgan fingerprint density at radius 1 is 1.33 bits per heavy atom. The van der Waals surface area contributed by atoms with E-state index >= 15 is 0 Å². The number of rotatable bonds is 5. The van der Waals surface area contributed by atoms with Gasteiger partial charge in [0.15, 0.2) is 0 Å². The second-order valence-corrected chi connectivity index (χ2v) is 7.67. The highest BCUT2D eigenvalue weighted by Crippen LogP contribution is 2.32. The highest BCUT2D eigenvalue weighted by Gasteiger charge is 2.27. The predicted molar refractivity (Wildman–Crippen MR) is 73.8 cm³/mol. The van der Waals surface area contributed by atoms with Gasteiger partial charge in [0.05, 0.1) is 11.7 Å². The highest BCUT2D eigenvalue weighted by molar-refractivity contribution is 8.13. The summed E-state index contributed by atoms with van der Waals surface area (Å²) >= 11 is 6.11. The van der Waals surface area contributed by atoms with Crippen LogP contribution in [-0.4, -0.2) is 18.2 Å². The molecule has 4 nitrogen and oxygen atoms in total. The molecule has 1 atom stereocenters. The average molecular weight is 313 g/mol. The molecule has 1 heterocycles. The number of hydrogen-bond acceptors (Lipinski definition) is 3. The van der Waals surface area contributed by atoms with Crippen molar-refractivity contribution in [2.24, 2.45) is 5.92 Å². The Morgan fingerprint density at radius 2 is 1.89 bits per heavy atom. The van der Waals surface area contributed by atoms with Crippen LogP contribution >= 0.6 is 22.3 Å². The Hall–Kier alpha value is -0.260. The van der Waals surface area contributed by atoms with E-state index in [0.717, 1.165) is 6.42 Å². The van der Waals surface area contributed by atoms with E-state index < -0.39 is 9.05 Å². The Morgan fingerprint density at radius 3 is 2.28 bits per heavy atom. The van der Waals surface area contributed by atoms with Crippen LogP contribution < -0.4 is 0 Å². The zero-order valence-electron chi connectivity index (χ0n) is 10.9. The Kier molecular flexibility index (Phi) is 5.09. The molecular formula is C11H18Cl2N2O2S. The lowest BCUT2D eigenvalue weighted by Crippen LogP contribution is -2.06. The maximum atomic E-state index is 11.6. The van der Waals surface area contributed by atoms with Gasteiger partial charge in [-0.05, 0) is 25.7 Å². The second kappa shape index (κ2) is 5.80. The molecule has 1 rings (SSSR count). The quantitative estimate of drug-likeness (QED) is 0.780. The Balaban J connectivity index is 3.41. The van der Waals surface area contributed by atoms with Crippen molar-refractivity contribution < 1.29 is 8.42 Å². The molecule has 0 amide bonds. The minimum Gasteiger partial charge on any atom is -0.250 e. The summed E-state index contributed by atoms with van der Waals surface area (Å²) in [6.07, 6.45) is 1.34. The van der Waals surface area contributed by atoms with Gasteiger partial charge in [-0.25, -0.2) is 13.1 Å². The molecule has 1 unspecified atom stereocenters. The lowest BCUT2D eigenvalue weighted by atomic mass is 10.1. The number of aromatic nitrogens is 2. The van der Waals surface area contributed by atoms with Gasteiger partial charge in [-0.2, -0.15) is 5.10 Å². The number of halogens is 2. The fraction of sp³-hybridized carbons (Fsp3) is 0.727. The van der Waals surface area contributed by atoms with Crippen LogP contribution in [0.4, 0.5) is 0 Å². The first-order chi connectivity index (χ1) is 8.18. The van der Waals surface area contributed by atoms with Crippen molar-refractivity contribution in [3.63, 3.8) is 0 Å². The van der Waals surface area contributed by atoms with E-state index in [0.29, 0.717) is 12.1 Å². The molecule has 0 radical (unpaired) electrons. The van der Waals surface area contributed by atoms with Crippen LogP contribution in [-0.2, 0) is 15.5 Å². The third-order valence-corrected chi connectivity index (χ3v) is 4.59. The van der Waals surface area contributed by atoms with Crippen molar-refractivity contribution in [3.05, 3.63) is 10.8 Å². The summed E-state index contributed by atoms with van der Waals surface area (Å²) in [5, 5.41) is 4.41. The second-order valence-electron chi connectivity index (χ2n) is 4.80. The molecule has 0 aliphatic rings. The lowest BCUT2D eigenvalue weighted by Gasteiger charge is -2.10. The summed E-state index contributed by atoms with van der Waals surface area (Å²) in [4.78, 5) is -0.0418. The van der Waals surface area contributed by atoms with Gasteiger partial charge in [-0.1, -0.05) is 32.4 Å². The molecule has 0 bridgehead atoms. The molecule has 0 aliphatic heterocycles. The Labute approximate surface area is 118 Å². The first-order valence-electron chi connectivity index (χ1n) is 5.90. The molecule has 0 spiro atoms. The molecular weight excluding hydrogens is 295 g/mol. The minimum atomic E-state index is -3.87. The number of nitrogens with zero attached hydrogens (tertiary/aromatic N) is 2. The fourth-order valence-corrected chi connectivity index (χ4v) is 3.59. The summed E-state index contributed by atoms with van der Waals surface area (Å²) in [5.74, 6) is 0.276. The van der Waals surface area contributed by atoms with Crippen molar-refractivity contribution in [1.82, 2.24) is 9.78 Å². The van der Waals surface area contributed by atoms with Crippen molar-refractivity contribution in [1.29, 1.82) is 0 Å².